The van der Waals surface area contributed by atoms with E-state index in [-0.39, 0.29) is 0 Å². The minimum Gasteiger partial charge on any atom is -0.346 e. The third-order valence-electron chi connectivity index (χ3n) is 4.24. The first-order valence-corrected chi connectivity index (χ1v) is 7.24. The highest BCUT2D eigenvalue weighted by atomic mass is 14.9. The Bertz CT molecular complexity index is 314. The van der Waals surface area contributed by atoms with E-state index in [1.54, 1.807) is 5.56 Å². The van der Waals surface area contributed by atoms with Crippen LogP contribution in [0, 0.1) is 0 Å². The quantitative estimate of drug-likeness (QED) is 0.696. The van der Waals surface area contributed by atoms with Gasteiger partial charge in [-0.3, -0.25) is 0 Å². The molecule has 94 valence electrons. The van der Waals surface area contributed by atoms with E-state index in [4.69, 9.17) is 0 Å². The first-order chi connectivity index (χ1) is 8.37. The molecule has 0 aliphatic heterocycles. The van der Waals surface area contributed by atoms with Crippen LogP contribution < -0.4 is 5.32 Å². The zero-order chi connectivity index (χ0) is 12.0. The number of hydrogen-bond acceptors (Lipinski definition) is 0. The van der Waals surface area contributed by atoms with Crippen LogP contribution in [0.3, 0.4) is 0 Å². The van der Waals surface area contributed by atoms with Crippen LogP contribution in [-0.4, -0.2) is 13.1 Å². The van der Waals surface area contributed by atoms with Crippen molar-refractivity contribution in [2.75, 3.05) is 13.1 Å². The number of benzene rings is 1. The predicted octanol–water partition coefficient (Wildman–Crippen LogP) is 2.86. The lowest BCUT2D eigenvalue weighted by molar-refractivity contribution is -0.664. The van der Waals surface area contributed by atoms with Crippen LogP contribution in [-0.2, 0) is 5.41 Å². The van der Waals surface area contributed by atoms with Gasteiger partial charge >= 0.3 is 0 Å². The van der Waals surface area contributed by atoms with Gasteiger partial charge in [0.1, 0.15) is 0 Å². The maximum absolute atomic E-state index is 2.54. The van der Waals surface area contributed by atoms with Crippen LogP contribution >= 0.6 is 0 Å². The summed E-state index contributed by atoms with van der Waals surface area (Å²) in [5.41, 5.74) is 2.08. The molecule has 1 aromatic carbocycles. The lowest BCUT2D eigenvalue weighted by atomic mass is 9.64. The number of nitrogens with two attached hydrogens (primary N) is 1. The molecule has 0 unspecified atom stereocenters. The Labute approximate surface area is 106 Å². The maximum Gasteiger partial charge on any atom is 0.0853 e. The Balaban J connectivity index is 1.84. The van der Waals surface area contributed by atoms with Gasteiger partial charge in [0.05, 0.1) is 13.1 Å². The molecule has 0 amide bonds. The highest BCUT2D eigenvalue weighted by Gasteiger charge is 2.39. The molecule has 17 heavy (non-hydrogen) atoms. The van der Waals surface area contributed by atoms with E-state index in [0.29, 0.717) is 5.41 Å². The van der Waals surface area contributed by atoms with Crippen molar-refractivity contribution in [3.8, 4) is 0 Å². The molecule has 0 spiro atoms. The second kappa shape index (κ2) is 6.20. The summed E-state index contributed by atoms with van der Waals surface area (Å²) < 4.78 is 0. The molecule has 1 aromatic rings. The Morgan fingerprint density at radius 1 is 1.12 bits per heavy atom. The Morgan fingerprint density at radius 3 is 2.47 bits per heavy atom. The SMILES string of the molecule is CCCCC[NH2+]CC1(c2ccccc2)CCC1. The molecular weight excluding hydrogens is 206 g/mol. The average molecular weight is 232 g/mol. The van der Waals surface area contributed by atoms with Crippen LogP contribution in [0.25, 0.3) is 0 Å². The molecule has 1 fully saturated rings. The maximum atomic E-state index is 2.54. The van der Waals surface area contributed by atoms with Gasteiger partial charge in [-0.2, -0.15) is 0 Å². The Kier molecular flexibility index (Phi) is 4.61. The Morgan fingerprint density at radius 2 is 1.88 bits per heavy atom. The van der Waals surface area contributed by atoms with Crippen molar-refractivity contribution < 1.29 is 5.32 Å². The van der Waals surface area contributed by atoms with Gasteiger partial charge in [-0.15, -0.1) is 0 Å². The third kappa shape index (κ3) is 3.10. The van der Waals surface area contributed by atoms with Crippen molar-refractivity contribution in [2.24, 2.45) is 0 Å². The van der Waals surface area contributed by atoms with Crippen molar-refractivity contribution in [2.45, 2.75) is 50.9 Å². The van der Waals surface area contributed by atoms with E-state index in [1.165, 1.54) is 51.6 Å². The van der Waals surface area contributed by atoms with E-state index >= 15 is 0 Å². The smallest absolute Gasteiger partial charge is 0.0853 e. The van der Waals surface area contributed by atoms with E-state index < -0.39 is 0 Å². The average Bonchev–Trinajstić information content (AvgIpc) is 2.33. The summed E-state index contributed by atoms with van der Waals surface area (Å²) in [6.45, 7) is 4.88. The van der Waals surface area contributed by atoms with Gasteiger partial charge in [0, 0.05) is 5.41 Å². The first kappa shape index (κ1) is 12.6. The fourth-order valence-corrected chi connectivity index (χ4v) is 2.92. The van der Waals surface area contributed by atoms with Crippen molar-refractivity contribution in [3.63, 3.8) is 0 Å². The fraction of sp³-hybridized carbons (Fsp3) is 0.625. The summed E-state index contributed by atoms with van der Waals surface area (Å²) in [6.07, 6.45) is 8.29. The monoisotopic (exact) mass is 232 g/mol. The molecule has 0 atom stereocenters. The van der Waals surface area contributed by atoms with Crippen molar-refractivity contribution in [1.29, 1.82) is 0 Å². The van der Waals surface area contributed by atoms with Crippen molar-refractivity contribution in [1.82, 2.24) is 0 Å². The van der Waals surface area contributed by atoms with Gasteiger partial charge in [0.2, 0.25) is 0 Å². The highest BCUT2D eigenvalue weighted by molar-refractivity contribution is 5.27. The minimum atomic E-state index is 0.507. The molecule has 0 heterocycles. The molecule has 0 saturated heterocycles. The molecule has 1 aliphatic rings. The summed E-state index contributed by atoms with van der Waals surface area (Å²) in [6, 6.07) is 11.1. The van der Waals surface area contributed by atoms with Gasteiger partial charge in [0.25, 0.3) is 0 Å². The molecular formula is C16H26N+. The van der Waals surface area contributed by atoms with Gasteiger partial charge in [-0.1, -0.05) is 50.1 Å². The van der Waals surface area contributed by atoms with E-state index in [9.17, 15) is 0 Å². The third-order valence-corrected chi connectivity index (χ3v) is 4.24. The van der Waals surface area contributed by atoms with E-state index in [1.807, 2.05) is 0 Å². The van der Waals surface area contributed by atoms with Crippen LogP contribution in [0.1, 0.15) is 51.0 Å². The highest BCUT2D eigenvalue weighted by Crippen LogP contribution is 2.42. The Hall–Kier alpha value is -0.820. The van der Waals surface area contributed by atoms with E-state index in [2.05, 4.69) is 42.6 Å². The normalized spacial score (nSPS) is 17.7. The second-order valence-electron chi connectivity index (χ2n) is 5.49. The first-order valence-electron chi connectivity index (χ1n) is 7.24. The zero-order valence-electron chi connectivity index (χ0n) is 11.1. The van der Waals surface area contributed by atoms with E-state index in [0.717, 1.165) is 0 Å². The lowest BCUT2D eigenvalue weighted by Gasteiger charge is -2.40. The largest absolute Gasteiger partial charge is 0.346 e. The van der Waals surface area contributed by atoms with Crippen LogP contribution in [0.4, 0.5) is 0 Å². The minimum absolute atomic E-state index is 0.507. The topological polar surface area (TPSA) is 16.6 Å². The molecule has 1 nitrogen and oxygen atoms in total. The van der Waals surface area contributed by atoms with Gasteiger partial charge in [-0.25, -0.2) is 0 Å². The number of quaternary nitrogens is 1. The molecule has 2 rings (SSSR count). The molecule has 2 N–H and O–H groups in total. The molecule has 1 aliphatic carbocycles. The number of rotatable bonds is 7. The molecule has 0 radical (unpaired) electrons. The summed E-state index contributed by atoms with van der Waals surface area (Å²) in [5.74, 6) is 0. The molecule has 1 heteroatoms. The van der Waals surface area contributed by atoms with Crippen molar-refractivity contribution in [3.05, 3.63) is 35.9 Å². The lowest BCUT2D eigenvalue weighted by Crippen LogP contribution is -2.88. The van der Waals surface area contributed by atoms with Gasteiger partial charge < -0.3 is 5.32 Å². The summed E-state index contributed by atoms with van der Waals surface area (Å²) in [4.78, 5) is 0. The number of unbranched alkanes of at least 4 members (excludes halogenated alkanes) is 2. The summed E-state index contributed by atoms with van der Waals surface area (Å²) in [5, 5.41) is 2.54. The standard InChI is InChI=1S/C16H25N/c1-2-3-7-13-17-14-16(11-8-12-16)15-9-5-4-6-10-15/h4-6,9-10,17H,2-3,7-8,11-14H2,1H3/p+1. The van der Waals surface area contributed by atoms with Crippen molar-refractivity contribution >= 4 is 0 Å². The fourth-order valence-electron chi connectivity index (χ4n) is 2.92. The predicted molar refractivity (Wildman–Crippen MR) is 73.2 cm³/mol. The van der Waals surface area contributed by atoms with Gasteiger partial charge in [0.15, 0.2) is 0 Å². The number of hydrogen-bond donors (Lipinski definition) is 1. The summed E-state index contributed by atoms with van der Waals surface area (Å²) >= 11 is 0. The molecule has 0 aromatic heterocycles. The molecule has 0 bridgehead atoms. The van der Waals surface area contributed by atoms with Crippen LogP contribution in [0.15, 0.2) is 30.3 Å². The summed E-state index contributed by atoms with van der Waals surface area (Å²) in [7, 11) is 0. The van der Waals surface area contributed by atoms with Crippen LogP contribution in [0.5, 0.6) is 0 Å². The van der Waals surface area contributed by atoms with Crippen LogP contribution in [0.2, 0.25) is 0 Å². The second-order valence-corrected chi connectivity index (χ2v) is 5.49. The molecule has 1 saturated carbocycles. The zero-order valence-corrected chi connectivity index (χ0v) is 11.1. The van der Waals surface area contributed by atoms with Gasteiger partial charge in [-0.05, 0) is 31.2 Å².